The van der Waals surface area contributed by atoms with Gasteiger partial charge in [0.1, 0.15) is 0 Å². The number of carbonyl (C=O) groups excluding carboxylic acids is 1. The smallest absolute Gasteiger partial charge is 0.375 e. The highest BCUT2D eigenvalue weighted by molar-refractivity contribution is 5.92. The van der Waals surface area contributed by atoms with Gasteiger partial charge in [-0.3, -0.25) is 4.79 Å². The fourth-order valence-electron chi connectivity index (χ4n) is 0.0643. The summed E-state index contributed by atoms with van der Waals surface area (Å²) >= 11 is 0. The van der Waals surface area contributed by atoms with Crippen molar-refractivity contribution in [2.45, 2.75) is 6.92 Å². The lowest BCUT2D eigenvalue weighted by molar-refractivity contribution is -0.111. The third-order valence-corrected chi connectivity index (χ3v) is 0.203. The molecule has 0 saturated heterocycles. The van der Waals surface area contributed by atoms with Crippen molar-refractivity contribution in [1.29, 1.82) is 0 Å². The molecule has 0 radical (unpaired) electrons. The summed E-state index contributed by atoms with van der Waals surface area (Å²) in [6.07, 6.45) is 0. The van der Waals surface area contributed by atoms with Gasteiger partial charge in [0.05, 0.1) is 0 Å². The van der Waals surface area contributed by atoms with E-state index >= 15 is 0 Å². The molecule has 32 valence electrons. The molecule has 0 saturated carbocycles. The molecule has 0 atom stereocenters. The summed E-state index contributed by atoms with van der Waals surface area (Å²) in [6.45, 7) is 1.21. The number of rotatable bonds is 0. The average molecular weight is 85.1 g/mol. The summed E-state index contributed by atoms with van der Waals surface area (Å²) in [7, 11) is 0. The number of carbonyl (C=O) groups is 1. The second-order valence-corrected chi connectivity index (χ2v) is 0.759. The molecular weight excluding hydrogens is 82.0 g/mol. The summed E-state index contributed by atoms with van der Waals surface area (Å²) in [4.78, 5) is 9.64. The summed E-state index contributed by atoms with van der Waals surface area (Å²) in [5.74, 6) is -0.440. The van der Waals surface area contributed by atoms with E-state index in [-0.39, 0.29) is 0 Å². The standard InChI is InChI=1S/C3H3NO2/c1-3(5)2-4-6/h1H3. The Kier molecular flexibility index (Phi) is 1.83. The molecule has 0 fully saturated rings. The van der Waals surface area contributed by atoms with Crippen LogP contribution in [0.1, 0.15) is 6.92 Å². The van der Waals surface area contributed by atoms with Crippen LogP contribution in [0.15, 0.2) is 0 Å². The lowest BCUT2D eigenvalue weighted by atomic mass is 10.5. The van der Waals surface area contributed by atoms with Crippen molar-refractivity contribution >= 4 is 5.78 Å². The van der Waals surface area contributed by atoms with Gasteiger partial charge in [-0.25, -0.2) is 0 Å². The molecule has 0 bridgehead atoms. The van der Waals surface area contributed by atoms with Crippen LogP contribution in [0.5, 0.6) is 0 Å². The predicted molar refractivity (Wildman–Crippen MR) is 21.3 cm³/mol. The molecule has 0 unspecified atom stereocenters. The van der Waals surface area contributed by atoms with Gasteiger partial charge in [0, 0.05) is 11.9 Å². The van der Waals surface area contributed by atoms with Crippen LogP contribution in [0.4, 0.5) is 0 Å². The Morgan fingerprint density at radius 1 is 2.00 bits per heavy atom. The van der Waals surface area contributed by atoms with Crippen LogP contribution in [0.2, 0.25) is 0 Å². The van der Waals surface area contributed by atoms with Crippen LogP contribution < -0.4 is 0 Å². The minimum atomic E-state index is -0.440. The van der Waals surface area contributed by atoms with Crippen molar-refractivity contribution in [3.05, 3.63) is 10.2 Å². The molecule has 6 heavy (non-hydrogen) atoms. The third kappa shape index (κ3) is 2.96. The lowest BCUT2D eigenvalue weighted by Gasteiger charge is -1.53. The van der Waals surface area contributed by atoms with Gasteiger partial charge in [0.15, 0.2) is 0 Å². The maximum Gasteiger partial charge on any atom is 0.375 e. The molecule has 0 aromatic heterocycles. The van der Waals surface area contributed by atoms with Gasteiger partial charge < -0.3 is 5.21 Å². The van der Waals surface area contributed by atoms with E-state index in [0.29, 0.717) is 0 Å². The molecule has 0 aliphatic carbocycles. The van der Waals surface area contributed by atoms with Gasteiger partial charge in [-0.1, -0.05) is 0 Å². The second kappa shape index (κ2) is 2.21. The number of ketones is 1. The molecule has 0 aromatic rings. The van der Waals surface area contributed by atoms with Crippen molar-refractivity contribution in [3.8, 4) is 6.07 Å². The lowest BCUT2D eigenvalue weighted by Crippen LogP contribution is -1.76. The summed E-state index contributed by atoms with van der Waals surface area (Å²) in [5, 5.41) is 11.1. The van der Waals surface area contributed by atoms with Crippen LogP contribution in [0.3, 0.4) is 0 Å². The Labute approximate surface area is 35.0 Å². The highest BCUT2D eigenvalue weighted by atomic mass is 16.4. The van der Waals surface area contributed by atoms with E-state index in [0.717, 1.165) is 0 Å². The minimum absolute atomic E-state index is 0.440. The van der Waals surface area contributed by atoms with E-state index < -0.39 is 5.78 Å². The van der Waals surface area contributed by atoms with Gasteiger partial charge in [0.2, 0.25) is 0 Å². The summed E-state index contributed by atoms with van der Waals surface area (Å²) in [5.41, 5.74) is 0. The van der Waals surface area contributed by atoms with Crippen molar-refractivity contribution in [2.24, 2.45) is 0 Å². The van der Waals surface area contributed by atoms with E-state index in [1.807, 2.05) is 0 Å². The summed E-state index contributed by atoms with van der Waals surface area (Å²) in [6, 6.07) is 1.64. The largest absolute Gasteiger partial charge is 0.498 e. The van der Waals surface area contributed by atoms with Gasteiger partial charge in [-0.05, 0) is 0 Å². The van der Waals surface area contributed by atoms with Crippen molar-refractivity contribution in [3.63, 3.8) is 0 Å². The Balaban J connectivity index is 3.50. The molecule has 0 amide bonds. The van der Waals surface area contributed by atoms with E-state index in [2.05, 4.69) is 5.01 Å². The van der Waals surface area contributed by atoms with Crippen molar-refractivity contribution < 1.29 is 4.79 Å². The van der Waals surface area contributed by atoms with Crippen LogP contribution in [-0.4, -0.2) is 5.78 Å². The van der Waals surface area contributed by atoms with Crippen LogP contribution >= 0.6 is 0 Å². The topological polar surface area (TPSA) is 44.5 Å². The SMILES string of the molecule is CC(=O)C#[N+][O-]. The first kappa shape index (κ1) is 4.96. The maximum atomic E-state index is 9.64. The molecule has 0 spiro atoms. The van der Waals surface area contributed by atoms with Crippen molar-refractivity contribution in [1.82, 2.24) is 0 Å². The maximum absolute atomic E-state index is 9.64. The molecule has 3 nitrogen and oxygen atoms in total. The van der Waals surface area contributed by atoms with E-state index in [9.17, 15) is 4.79 Å². The Morgan fingerprint density at radius 2 is 2.50 bits per heavy atom. The molecule has 0 rings (SSSR count). The molecule has 3 heteroatoms. The molecule has 0 aromatic carbocycles. The van der Waals surface area contributed by atoms with Gasteiger partial charge in [0.25, 0.3) is 5.78 Å². The molecule has 0 heterocycles. The fourth-order valence-corrected chi connectivity index (χ4v) is 0.0643. The number of Topliss-reactive ketones (excluding diaryl/α,β-unsaturated/α-hetero) is 1. The monoisotopic (exact) mass is 85.0 g/mol. The van der Waals surface area contributed by atoms with Gasteiger partial charge in [-0.15, -0.1) is 0 Å². The average Bonchev–Trinajstić information content (AvgIpc) is 1.35. The predicted octanol–water partition coefficient (Wildman–Crippen LogP) is 0.406. The second-order valence-electron chi connectivity index (χ2n) is 0.759. The molecular formula is C3H3NO2. The summed E-state index contributed by atoms with van der Waals surface area (Å²) < 4.78 is 0. The van der Waals surface area contributed by atoms with Crippen LogP contribution in [-0.2, 0) is 4.79 Å². The number of hydrogen-bond donors (Lipinski definition) is 0. The Bertz CT molecular complexity index is 108. The first-order valence-corrected chi connectivity index (χ1v) is 1.36. The number of hydrogen-bond acceptors (Lipinski definition) is 2. The van der Waals surface area contributed by atoms with E-state index in [1.54, 1.807) is 6.07 Å². The van der Waals surface area contributed by atoms with Crippen molar-refractivity contribution in [2.75, 3.05) is 0 Å². The Morgan fingerprint density at radius 3 is 2.50 bits per heavy atom. The number of nitrogens with zero attached hydrogens (tertiary/aromatic N) is 1. The molecule has 0 N–H and O–H groups in total. The molecule has 0 aliphatic rings. The minimum Gasteiger partial charge on any atom is -0.498 e. The van der Waals surface area contributed by atoms with Gasteiger partial charge in [-0.2, -0.15) is 0 Å². The van der Waals surface area contributed by atoms with Crippen LogP contribution in [0.25, 0.3) is 5.01 Å². The zero-order valence-corrected chi connectivity index (χ0v) is 3.26. The zero-order valence-electron chi connectivity index (χ0n) is 3.26. The first-order valence-electron chi connectivity index (χ1n) is 1.36. The zero-order chi connectivity index (χ0) is 4.99. The normalized spacial score (nSPS) is 5.50. The van der Waals surface area contributed by atoms with Gasteiger partial charge >= 0.3 is 6.07 Å². The molecule has 0 aliphatic heterocycles. The first-order chi connectivity index (χ1) is 2.77. The van der Waals surface area contributed by atoms with E-state index in [4.69, 9.17) is 5.21 Å². The highest BCUT2D eigenvalue weighted by Crippen LogP contribution is 1.60. The Hall–Kier alpha value is -1.04. The van der Waals surface area contributed by atoms with E-state index in [1.165, 1.54) is 6.92 Å². The quantitative estimate of drug-likeness (QED) is 0.316. The fraction of sp³-hybridized carbons (Fsp3) is 0.333. The highest BCUT2D eigenvalue weighted by Gasteiger charge is 1.86. The third-order valence-electron chi connectivity index (χ3n) is 0.203. The van der Waals surface area contributed by atoms with Crippen LogP contribution in [0, 0.1) is 11.3 Å².